The largest absolute Gasteiger partial charge is 0.330 e. The van der Waals surface area contributed by atoms with Crippen LogP contribution in [-0.4, -0.2) is 19.6 Å². The van der Waals surface area contributed by atoms with Gasteiger partial charge in [0.05, 0.1) is 0 Å². The summed E-state index contributed by atoms with van der Waals surface area (Å²) in [4.78, 5) is 1.44. The lowest BCUT2D eigenvalue weighted by Gasteiger charge is -2.41. The number of thiophene rings is 1. The number of halogens is 1. The van der Waals surface area contributed by atoms with E-state index < -0.39 is 0 Å². The Balaban J connectivity index is 1.65. The van der Waals surface area contributed by atoms with Crippen LogP contribution in [0.25, 0.3) is 0 Å². The molecule has 16 heavy (non-hydrogen) atoms. The highest BCUT2D eigenvalue weighted by Crippen LogP contribution is 2.39. The lowest BCUT2D eigenvalue weighted by Crippen LogP contribution is -2.45. The average Bonchev–Trinajstić information content (AvgIpc) is 2.62. The molecule has 1 aliphatic carbocycles. The highest BCUT2D eigenvalue weighted by atomic mass is 79.9. The molecule has 3 N–H and O–H groups in total. The van der Waals surface area contributed by atoms with Gasteiger partial charge in [-0.25, -0.2) is 0 Å². The van der Waals surface area contributed by atoms with Crippen LogP contribution in [0, 0.1) is 5.41 Å². The van der Waals surface area contributed by atoms with E-state index in [-0.39, 0.29) is 0 Å². The molecule has 0 unspecified atom stereocenters. The maximum atomic E-state index is 5.82. The van der Waals surface area contributed by atoms with E-state index in [0.29, 0.717) is 5.41 Å². The van der Waals surface area contributed by atoms with Gasteiger partial charge in [0.1, 0.15) is 0 Å². The van der Waals surface area contributed by atoms with Crippen LogP contribution in [0.2, 0.25) is 0 Å². The molecule has 0 aromatic carbocycles. The molecule has 2 nitrogen and oxygen atoms in total. The first-order chi connectivity index (χ1) is 7.74. The zero-order chi connectivity index (χ0) is 11.4. The van der Waals surface area contributed by atoms with E-state index in [1.165, 1.54) is 28.6 Å². The van der Waals surface area contributed by atoms with Crippen LogP contribution in [0.4, 0.5) is 0 Å². The highest BCUT2D eigenvalue weighted by Gasteiger charge is 2.34. The minimum Gasteiger partial charge on any atom is -0.330 e. The Morgan fingerprint density at radius 3 is 2.81 bits per heavy atom. The SMILES string of the molecule is NCC1(CNCCc2cc(Br)cs2)CCC1. The normalized spacial score (nSPS) is 18.4. The Bertz CT molecular complexity index is 328. The molecule has 0 spiro atoms. The summed E-state index contributed by atoms with van der Waals surface area (Å²) in [5, 5.41) is 5.69. The number of hydrogen-bond acceptors (Lipinski definition) is 3. The van der Waals surface area contributed by atoms with Crippen molar-refractivity contribution in [2.24, 2.45) is 11.1 Å². The second kappa shape index (κ2) is 5.63. The standard InChI is InChI=1S/C12H19BrN2S/c13-10-6-11(16-7-10)2-5-15-9-12(8-14)3-1-4-12/h6-7,15H,1-5,8-9,14H2. The van der Waals surface area contributed by atoms with E-state index in [2.05, 4.69) is 32.7 Å². The van der Waals surface area contributed by atoms with Gasteiger partial charge in [0, 0.05) is 21.3 Å². The molecule has 1 heterocycles. The zero-order valence-corrected chi connectivity index (χ0v) is 11.9. The van der Waals surface area contributed by atoms with Gasteiger partial charge in [-0.3, -0.25) is 0 Å². The maximum absolute atomic E-state index is 5.82. The maximum Gasteiger partial charge on any atom is 0.0285 e. The zero-order valence-electron chi connectivity index (χ0n) is 9.47. The minimum atomic E-state index is 0.427. The molecular formula is C12H19BrN2S. The van der Waals surface area contributed by atoms with Gasteiger partial charge in [-0.15, -0.1) is 11.3 Å². The molecule has 1 aliphatic rings. The Morgan fingerprint density at radius 1 is 1.50 bits per heavy atom. The van der Waals surface area contributed by atoms with E-state index in [1.54, 1.807) is 0 Å². The monoisotopic (exact) mass is 302 g/mol. The number of nitrogens with two attached hydrogens (primary N) is 1. The lowest BCUT2D eigenvalue weighted by atomic mass is 9.69. The summed E-state index contributed by atoms with van der Waals surface area (Å²) in [7, 11) is 0. The third kappa shape index (κ3) is 3.06. The lowest BCUT2D eigenvalue weighted by molar-refractivity contribution is 0.142. The quantitative estimate of drug-likeness (QED) is 0.793. The molecule has 90 valence electrons. The van der Waals surface area contributed by atoms with Crippen molar-refractivity contribution in [2.45, 2.75) is 25.7 Å². The van der Waals surface area contributed by atoms with Crippen LogP contribution in [0.3, 0.4) is 0 Å². The Kier molecular flexibility index (Phi) is 4.41. The van der Waals surface area contributed by atoms with E-state index in [1.807, 2.05) is 11.3 Å². The fourth-order valence-corrected chi connectivity index (χ4v) is 3.64. The van der Waals surface area contributed by atoms with E-state index >= 15 is 0 Å². The van der Waals surface area contributed by atoms with Crippen LogP contribution < -0.4 is 11.1 Å². The van der Waals surface area contributed by atoms with Crippen molar-refractivity contribution in [3.63, 3.8) is 0 Å². The summed E-state index contributed by atoms with van der Waals surface area (Å²) < 4.78 is 1.20. The molecule has 0 saturated heterocycles. The molecule has 0 amide bonds. The third-order valence-electron chi connectivity index (χ3n) is 3.52. The predicted molar refractivity (Wildman–Crippen MR) is 73.9 cm³/mol. The highest BCUT2D eigenvalue weighted by molar-refractivity contribution is 9.10. The van der Waals surface area contributed by atoms with E-state index in [0.717, 1.165) is 26.1 Å². The smallest absolute Gasteiger partial charge is 0.0285 e. The van der Waals surface area contributed by atoms with Gasteiger partial charge in [-0.05, 0) is 59.8 Å². The summed E-state index contributed by atoms with van der Waals surface area (Å²) in [6.07, 6.45) is 5.09. The third-order valence-corrected chi connectivity index (χ3v) is 5.27. The summed E-state index contributed by atoms with van der Waals surface area (Å²) in [6.45, 7) is 3.00. The van der Waals surface area contributed by atoms with Gasteiger partial charge in [0.25, 0.3) is 0 Å². The first-order valence-electron chi connectivity index (χ1n) is 5.88. The fraction of sp³-hybridized carbons (Fsp3) is 0.667. The summed E-state index contributed by atoms with van der Waals surface area (Å²) in [5.74, 6) is 0. The Labute approximate surface area is 110 Å². The topological polar surface area (TPSA) is 38.0 Å². The van der Waals surface area contributed by atoms with Gasteiger partial charge >= 0.3 is 0 Å². The van der Waals surface area contributed by atoms with Crippen molar-refractivity contribution in [2.75, 3.05) is 19.6 Å². The molecule has 1 saturated carbocycles. The molecule has 1 aromatic rings. The van der Waals surface area contributed by atoms with Crippen LogP contribution in [0.5, 0.6) is 0 Å². The van der Waals surface area contributed by atoms with Gasteiger partial charge in [0.2, 0.25) is 0 Å². The van der Waals surface area contributed by atoms with Crippen molar-refractivity contribution in [3.05, 3.63) is 20.8 Å². The predicted octanol–water partition coefficient (Wildman–Crippen LogP) is 2.77. The van der Waals surface area contributed by atoms with Crippen LogP contribution in [0.15, 0.2) is 15.9 Å². The average molecular weight is 303 g/mol. The van der Waals surface area contributed by atoms with Gasteiger partial charge < -0.3 is 11.1 Å². The Hall–Kier alpha value is 0.1000. The summed E-state index contributed by atoms with van der Waals surface area (Å²) >= 11 is 5.30. The van der Waals surface area contributed by atoms with Crippen LogP contribution >= 0.6 is 27.3 Å². The molecule has 0 radical (unpaired) electrons. The molecule has 4 heteroatoms. The first-order valence-corrected chi connectivity index (χ1v) is 7.55. The number of rotatable bonds is 6. The molecule has 0 aliphatic heterocycles. The summed E-state index contributed by atoms with van der Waals surface area (Å²) in [5.41, 5.74) is 6.25. The van der Waals surface area contributed by atoms with Gasteiger partial charge in [-0.1, -0.05) is 6.42 Å². The van der Waals surface area contributed by atoms with Gasteiger partial charge in [-0.2, -0.15) is 0 Å². The molecule has 1 aromatic heterocycles. The van der Waals surface area contributed by atoms with E-state index in [4.69, 9.17) is 5.73 Å². The second-order valence-corrected chi connectivity index (χ2v) is 6.63. The minimum absolute atomic E-state index is 0.427. The van der Waals surface area contributed by atoms with Crippen molar-refractivity contribution >= 4 is 27.3 Å². The van der Waals surface area contributed by atoms with Crippen molar-refractivity contribution in [1.29, 1.82) is 0 Å². The van der Waals surface area contributed by atoms with Crippen molar-refractivity contribution in [1.82, 2.24) is 5.32 Å². The second-order valence-electron chi connectivity index (χ2n) is 4.72. The number of nitrogens with one attached hydrogen (secondary N) is 1. The molecule has 0 atom stereocenters. The van der Waals surface area contributed by atoms with Crippen LogP contribution in [0.1, 0.15) is 24.1 Å². The molecule has 1 fully saturated rings. The van der Waals surface area contributed by atoms with Crippen LogP contribution in [-0.2, 0) is 6.42 Å². The molecular weight excluding hydrogens is 284 g/mol. The summed E-state index contributed by atoms with van der Waals surface area (Å²) in [6, 6.07) is 2.20. The van der Waals surface area contributed by atoms with Crippen molar-refractivity contribution in [3.8, 4) is 0 Å². The van der Waals surface area contributed by atoms with Crippen molar-refractivity contribution < 1.29 is 0 Å². The number of hydrogen-bond donors (Lipinski definition) is 2. The molecule has 2 rings (SSSR count). The van der Waals surface area contributed by atoms with Gasteiger partial charge in [0.15, 0.2) is 0 Å². The van der Waals surface area contributed by atoms with E-state index in [9.17, 15) is 0 Å². The first kappa shape index (κ1) is 12.6. The fourth-order valence-electron chi connectivity index (χ4n) is 2.18. The Morgan fingerprint density at radius 2 is 2.31 bits per heavy atom. The molecule has 0 bridgehead atoms.